The first-order valence-electron chi connectivity index (χ1n) is 7.73. The highest BCUT2D eigenvalue weighted by molar-refractivity contribution is 6.02. The van der Waals surface area contributed by atoms with Gasteiger partial charge in [-0.05, 0) is 38.6 Å². The molecular formula is C16H24N4O. The zero-order valence-electron chi connectivity index (χ0n) is 12.9. The smallest absolute Gasteiger partial charge is 0.256 e. The van der Waals surface area contributed by atoms with Gasteiger partial charge in [-0.25, -0.2) is 0 Å². The van der Waals surface area contributed by atoms with Crippen molar-refractivity contribution in [3.8, 4) is 0 Å². The van der Waals surface area contributed by atoms with Crippen LogP contribution in [0.15, 0.2) is 18.2 Å². The van der Waals surface area contributed by atoms with Crippen molar-refractivity contribution in [1.29, 1.82) is 0 Å². The molecule has 2 aliphatic rings. The molecule has 0 saturated carbocycles. The number of likely N-dealkylation sites (tertiary alicyclic amines) is 1. The van der Waals surface area contributed by atoms with Gasteiger partial charge in [0.15, 0.2) is 0 Å². The van der Waals surface area contributed by atoms with Gasteiger partial charge in [-0.2, -0.15) is 0 Å². The third kappa shape index (κ3) is 2.83. The molecule has 1 atom stereocenters. The van der Waals surface area contributed by atoms with Crippen molar-refractivity contribution in [2.24, 2.45) is 0 Å². The van der Waals surface area contributed by atoms with E-state index in [9.17, 15) is 4.79 Å². The number of amides is 1. The molecule has 5 heteroatoms. The number of hydrogen-bond acceptors (Lipinski definition) is 4. The van der Waals surface area contributed by atoms with Gasteiger partial charge in [0.2, 0.25) is 0 Å². The van der Waals surface area contributed by atoms with Crippen LogP contribution in [0.1, 0.15) is 23.2 Å². The van der Waals surface area contributed by atoms with E-state index >= 15 is 0 Å². The standard InChI is InChI=1S/C16H24N4O/c1-19-10-4-5-12(11-19)20(2)16(21)13-6-3-7-14-15(13)18-9-8-17-14/h3,6-7,12,17-18H,4-5,8-11H2,1-2H3. The molecule has 0 radical (unpaired) electrons. The van der Waals surface area contributed by atoms with Crippen LogP contribution in [-0.2, 0) is 0 Å². The van der Waals surface area contributed by atoms with Gasteiger partial charge >= 0.3 is 0 Å². The zero-order chi connectivity index (χ0) is 14.8. The van der Waals surface area contributed by atoms with Crippen LogP contribution in [0.25, 0.3) is 0 Å². The number of anilines is 2. The molecule has 5 nitrogen and oxygen atoms in total. The second-order valence-electron chi connectivity index (χ2n) is 6.06. The van der Waals surface area contributed by atoms with E-state index in [2.05, 4.69) is 22.6 Å². The van der Waals surface area contributed by atoms with E-state index < -0.39 is 0 Å². The fourth-order valence-electron chi connectivity index (χ4n) is 3.26. The second kappa shape index (κ2) is 5.93. The zero-order valence-corrected chi connectivity index (χ0v) is 12.9. The van der Waals surface area contributed by atoms with Crippen LogP contribution in [0.4, 0.5) is 11.4 Å². The highest BCUT2D eigenvalue weighted by Crippen LogP contribution is 2.29. The first-order chi connectivity index (χ1) is 10.2. The maximum Gasteiger partial charge on any atom is 0.256 e. The fourth-order valence-corrected chi connectivity index (χ4v) is 3.26. The molecular weight excluding hydrogens is 264 g/mol. The molecule has 1 unspecified atom stereocenters. The number of benzene rings is 1. The van der Waals surface area contributed by atoms with Gasteiger partial charge < -0.3 is 20.4 Å². The van der Waals surface area contributed by atoms with Crippen molar-refractivity contribution in [2.75, 3.05) is 50.9 Å². The van der Waals surface area contributed by atoms with Crippen molar-refractivity contribution in [3.63, 3.8) is 0 Å². The highest BCUT2D eigenvalue weighted by atomic mass is 16.2. The molecule has 114 valence electrons. The Morgan fingerprint density at radius 3 is 2.95 bits per heavy atom. The van der Waals surface area contributed by atoms with Crippen LogP contribution in [-0.4, -0.2) is 62.0 Å². The van der Waals surface area contributed by atoms with Crippen LogP contribution < -0.4 is 10.6 Å². The second-order valence-corrected chi connectivity index (χ2v) is 6.06. The Bertz CT molecular complexity index is 531. The van der Waals surface area contributed by atoms with Gasteiger partial charge in [-0.15, -0.1) is 0 Å². The molecule has 21 heavy (non-hydrogen) atoms. The Labute approximate surface area is 126 Å². The maximum absolute atomic E-state index is 12.9. The van der Waals surface area contributed by atoms with E-state index in [0.717, 1.165) is 56.0 Å². The highest BCUT2D eigenvalue weighted by Gasteiger charge is 2.27. The Morgan fingerprint density at radius 2 is 2.14 bits per heavy atom. The van der Waals surface area contributed by atoms with Gasteiger partial charge in [0, 0.05) is 32.7 Å². The molecule has 1 fully saturated rings. The number of para-hydroxylation sites is 1. The molecule has 2 heterocycles. The van der Waals surface area contributed by atoms with Crippen molar-refractivity contribution >= 4 is 17.3 Å². The summed E-state index contributed by atoms with van der Waals surface area (Å²) >= 11 is 0. The van der Waals surface area contributed by atoms with Gasteiger partial charge in [0.05, 0.1) is 16.9 Å². The third-order valence-corrected chi connectivity index (χ3v) is 4.50. The average Bonchev–Trinajstić information content (AvgIpc) is 2.53. The molecule has 0 bridgehead atoms. The number of piperidine rings is 1. The van der Waals surface area contributed by atoms with Crippen molar-refractivity contribution in [3.05, 3.63) is 23.8 Å². The molecule has 1 aromatic carbocycles. The molecule has 0 aromatic heterocycles. The van der Waals surface area contributed by atoms with Gasteiger partial charge in [-0.1, -0.05) is 6.07 Å². The lowest BCUT2D eigenvalue weighted by molar-refractivity contribution is 0.0645. The van der Waals surface area contributed by atoms with Crippen LogP contribution >= 0.6 is 0 Å². The quantitative estimate of drug-likeness (QED) is 0.869. The Kier molecular flexibility index (Phi) is 4.01. The summed E-state index contributed by atoms with van der Waals surface area (Å²) in [6.07, 6.45) is 2.25. The summed E-state index contributed by atoms with van der Waals surface area (Å²) in [5, 5.41) is 6.70. The largest absolute Gasteiger partial charge is 0.382 e. The van der Waals surface area contributed by atoms with E-state index in [1.165, 1.54) is 0 Å². The number of rotatable bonds is 2. The molecule has 1 saturated heterocycles. The number of nitrogens with zero attached hydrogens (tertiary/aromatic N) is 2. The summed E-state index contributed by atoms with van der Waals surface area (Å²) in [7, 11) is 4.06. The van der Waals surface area contributed by atoms with Crippen molar-refractivity contribution < 1.29 is 4.79 Å². The van der Waals surface area contributed by atoms with E-state index in [1.807, 2.05) is 30.1 Å². The van der Waals surface area contributed by atoms with E-state index in [-0.39, 0.29) is 5.91 Å². The summed E-state index contributed by atoms with van der Waals surface area (Å²) in [4.78, 5) is 17.1. The minimum atomic E-state index is 0.114. The molecule has 1 amide bonds. The predicted octanol–water partition coefficient (Wildman–Crippen LogP) is 1.69. The van der Waals surface area contributed by atoms with Crippen LogP contribution in [0.2, 0.25) is 0 Å². The fraction of sp³-hybridized carbons (Fsp3) is 0.562. The van der Waals surface area contributed by atoms with Crippen LogP contribution in [0.3, 0.4) is 0 Å². The number of carbonyl (C=O) groups is 1. The topological polar surface area (TPSA) is 47.6 Å². The van der Waals surface area contributed by atoms with Gasteiger partial charge in [0.1, 0.15) is 0 Å². The van der Waals surface area contributed by atoms with Crippen molar-refractivity contribution in [1.82, 2.24) is 9.80 Å². The van der Waals surface area contributed by atoms with Crippen LogP contribution in [0.5, 0.6) is 0 Å². The lowest BCUT2D eigenvalue weighted by Gasteiger charge is -2.36. The Hall–Kier alpha value is -1.75. The third-order valence-electron chi connectivity index (χ3n) is 4.50. The summed E-state index contributed by atoms with van der Waals surface area (Å²) in [6.45, 7) is 3.84. The number of carbonyl (C=O) groups excluding carboxylic acids is 1. The first kappa shape index (κ1) is 14.2. The molecule has 2 N–H and O–H groups in total. The van der Waals surface area contributed by atoms with E-state index in [4.69, 9.17) is 0 Å². The van der Waals surface area contributed by atoms with Crippen LogP contribution in [0, 0.1) is 0 Å². The lowest BCUT2D eigenvalue weighted by Crippen LogP contribution is -2.47. The summed E-state index contributed by atoms with van der Waals surface area (Å²) in [5.74, 6) is 0.114. The molecule has 0 spiro atoms. The average molecular weight is 288 g/mol. The minimum absolute atomic E-state index is 0.114. The van der Waals surface area contributed by atoms with E-state index in [1.54, 1.807) is 0 Å². The SMILES string of the molecule is CN1CCCC(N(C)C(=O)c2cccc3c2NCCN3)C1. The predicted molar refractivity (Wildman–Crippen MR) is 86.0 cm³/mol. The number of nitrogens with one attached hydrogen (secondary N) is 2. The van der Waals surface area contributed by atoms with E-state index in [0.29, 0.717) is 6.04 Å². The van der Waals surface area contributed by atoms with Crippen molar-refractivity contribution in [2.45, 2.75) is 18.9 Å². The molecule has 0 aliphatic carbocycles. The molecule has 3 rings (SSSR count). The Balaban J connectivity index is 1.81. The summed E-state index contributed by atoms with van der Waals surface area (Å²) in [5.41, 5.74) is 2.75. The monoisotopic (exact) mass is 288 g/mol. The number of hydrogen-bond donors (Lipinski definition) is 2. The number of fused-ring (bicyclic) bond motifs is 1. The molecule has 2 aliphatic heterocycles. The normalized spacial score (nSPS) is 21.9. The van der Waals surface area contributed by atoms with Gasteiger partial charge in [0.25, 0.3) is 5.91 Å². The first-order valence-corrected chi connectivity index (χ1v) is 7.73. The number of likely N-dealkylation sites (N-methyl/N-ethyl adjacent to an activating group) is 2. The summed E-state index contributed by atoms with van der Waals surface area (Å²) < 4.78 is 0. The molecule has 1 aromatic rings. The lowest BCUT2D eigenvalue weighted by atomic mass is 10.0. The Morgan fingerprint density at radius 1 is 1.33 bits per heavy atom. The summed E-state index contributed by atoms with van der Waals surface area (Å²) in [6, 6.07) is 6.20. The maximum atomic E-state index is 12.9. The van der Waals surface area contributed by atoms with Gasteiger partial charge in [-0.3, -0.25) is 4.79 Å². The minimum Gasteiger partial charge on any atom is -0.382 e.